The van der Waals surface area contributed by atoms with E-state index in [0.29, 0.717) is 19.1 Å². The van der Waals surface area contributed by atoms with E-state index in [2.05, 4.69) is 0 Å². The summed E-state index contributed by atoms with van der Waals surface area (Å²) in [6.45, 7) is 3.93. The Bertz CT molecular complexity index is 590. The van der Waals surface area contributed by atoms with Crippen molar-refractivity contribution in [1.82, 2.24) is 4.90 Å². The van der Waals surface area contributed by atoms with E-state index in [1.165, 1.54) is 12.8 Å². The van der Waals surface area contributed by atoms with Gasteiger partial charge in [-0.25, -0.2) is 0 Å². The lowest BCUT2D eigenvalue weighted by Gasteiger charge is -2.27. The van der Waals surface area contributed by atoms with E-state index >= 15 is 0 Å². The molecule has 1 heterocycles. The van der Waals surface area contributed by atoms with Gasteiger partial charge < -0.3 is 14.7 Å². The number of phenols is 1. The summed E-state index contributed by atoms with van der Waals surface area (Å²) in [5.74, 6) is 1.74. The average Bonchev–Trinajstić information content (AvgIpc) is 3.30. The normalized spacial score (nSPS) is 18.0. The lowest BCUT2D eigenvalue weighted by atomic mass is 10.0. The Kier molecular flexibility index (Phi) is 4.36. The van der Waals surface area contributed by atoms with E-state index in [4.69, 9.17) is 4.74 Å². The third-order valence-corrected chi connectivity index (χ3v) is 4.32. The molecular formula is C18H23NO3. The van der Waals surface area contributed by atoms with Crippen molar-refractivity contribution in [3.05, 3.63) is 41.2 Å². The number of carbonyl (C=O) groups excluding carboxylic acids is 1. The summed E-state index contributed by atoms with van der Waals surface area (Å²) in [5, 5.41) is 9.62. The predicted molar refractivity (Wildman–Crippen MR) is 84.1 cm³/mol. The van der Waals surface area contributed by atoms with Gasteiger partial charge in [-0.3, -0.25) is 4.79 Å². The first-order chi connectivity index (χ1) is 10.6. The molecule has 0 spiro atoms. The number of phenolic OH excluding ortho intramolecular Hbond substituents is 1. The predicted octanol–water partition coefficient (Wildman–Crippen LogP) is 3.22. The zero-order valence-electron chi connectivity index (χ0n) is 13.0. The van der Waals surface area contributed by atoms with Crippen LogP contribution in [0.2, 0.25) is 0 Å². The Morgan fingerprint density at radius 3 is 2.91 bits per heavy atom. The second kappa shape index (κ2) is 6.42. The molecule has 0 unspecified atom stereocenters. The number of amides is 1. The standard InChI is InChI=1S/C18H23NO3/c1-13-17(6-3-9-22-13)18(21)19(11-14-7-8-14)12-15-4-2-5-16(20)10-15/h2,4-5,10,14,20H,3,6-9,11-12H2,1H3. The number of hydrogen-bond donors (Lipinski definition) is 1. The van der Waals surface area contributed by atoms with Crippen molar-refractivity contribution in [1.29, 1.82) is 0 Å². The molecule has 1 aromatic rings. The smallest absolute Gasteiger partial charge is 0.253 e. The lowest BCUT2D eigenvalue weighted by Crippen LogP contribution is -2.34. The molecule has 0 bridgehead atoms. The highest BCUT2D eigenvalue weighted by Crippen LogP contribution is 2.32. The van der Waals surface area contributed by atoms with Gasteiger partial charge in [0.25, 0.3) is 5.91 Å². The van der Waals surface area contributed by atoms with E-state index in [1.807, 2.05) is 24.0 Å². The molecular weight excluding hydrogens is 278 g/mol. The third-order valence-electron chi connectivity index (χ3n) is 4.32. The van der Waals surface area contributed by atoms with E-state index in [-0.39, 0.29) is 11.7 Å². The lowest BCUT2D eigenvalue weighted by molar-refractivity contribution is -0.128. The zero-order valence-corrected chi connectivity index (χ0v) is 13.0. The molecule has 1 aliphatic carbocycles. The molecule has 0 radical (unpaired) electrons. The third kappa shape index (κ3) is 3.62. The molecule has 3 rings (SSSR count). The van der Waals surface area contributed by atoms with Crippen molar-refractivity contribution in [3.63, 3.8) is 0 Å². The maximum atomic E-state index is 12.9. The summed E-state index contributed by atoms with van der Waals surface area (Å²) in [6, 6.07) is 7.15. The van der Waals surface area contributed by atoms with Crippen molar-refractivity contribution >= 4 is 5.91 Å². The minimum atomic E-state index is 0.0902. The number of aromatic hydroxyl groups is 1. The maximum absolute atomic E-state index is 12.9. The molecule has 1 aromatic carbocycles. The summed E-state index contributed by atoms with van der Waals surface area (Å²) in [7, 11) is 0. The Morgan fingerprint density at radius 1 is 1.41 bits per heavy atom. The molecule has 1 saturated carbocycles. The van der Waals surface area contributed by atoms with Gasteiger partial charge in [0.2, 0.25) is 0 Å². The van der Waals surface area contributed by atoms with Crippen molar-refractivity contribution < 1.29 is 14.6 Å². The van der Waals surface area contributed by atoms with Crippen molar-refractivity contribution in [2.45, 2.75) is 39.2 Å². The first-order valence-corrected chi connectivity index (χ1v) is 8.03. The van der Waals surface area contributed by atoms with Crippen LogP contribution in [-0.4, -0.2) is 29.1 Å². The van der Waals surface area contributed by atoms with Crippen molar-refractivity contribution in [2.24, 2.45) is 5.92 Å². The van der Waals surface area contributed by atoms with Gasteiger partial charge in [-0.15, -0.1) is 0 Å². The largest absolute Gasteiger partial charge is 0.508 e. The molecule has 0 atom stereocenters. The van der Waals surface area contributed by atoms with Crippen LogP contribution in [0.4, 0.5) is 0 Å². The van der Waals surface area contributed by atoms with Gasteiger partial charge in [0.05, 0.1) is 12.2 Å². The molecule has 0 aromatic heterocycles. The molecule has 22 heavy (non-hydrogen) atoms. The minimum Gasteiger partial charge on any atom is -0.508 e. The molecule has 2 aliphatic rings. The zero-order chi connectivity index (χ0) is 15.5. The van der Waals surface area contributed by atoms with Crippen molar-refractivity contribution in [2.75, 3.05) is 13.2 Å². The first-order valence-electron chi connectivity index (χ1n) is 8.03. The Morgan fingerprint density at radius 2 is 2.23 bits per heavy atom. The van der Waals surface area contributed by atoms with E-state index in [0.717, 1.165) is 36.3 Å². The van der Waals surface area contributed by atoms with Crippen LogP contribution in [0.1, 0.15) is 38.2 Å². The Hall–Kier alpha value is -1.97. The fraction of sp³-hybridized carbons (Fsp3) is 0.500. The highest BCUT2D eigenvalue weighted by Gasteiger charge is 2.29. The van der Waals surface area contributed by atoms with Gasteiger partial charge in [0.1, 0.15) is 11.5 Å². The number of ether oxygens (including phenoxy) is 1. The van der Waals surface area contributed by atoms with Gasteiger partial charge in [-0.05, 0) is 56.2 Å². The van der Waals surface area contributed by atoms with Crippen LogP contribution in [0.25, 0.3) is 0 Å². The molecule has 4 nitrogen and oxygen atoms in total. The Balaban J connectivity index is 1.78. The molecule has 1 amide bonds. The van der Waals surface area contributed by atoms with Crippen LogP contribution in [0.3, 0.4) is 0 Å². The molecule has 118 valence electrons. The van der Waals surface area contributed by atoms with Gasteiger partial charge >= 0.3 is 0 Å². The summed E-state index contributed by atoms with van der Waals surface area (Å²) >= 11 is 0. The summed E-state index contributed by atoms with van der Waals surface area (Å²) in [6.07, 6.45) is 4.12. The molecule has 0 saturated heterocycles. The van der Waals surface area contributed by atoms with Crippen LogP contribution >= 0.6 is 0 Å². The Labute approximate surface area is 131 Å². The molecule has 4 heteroatoms. The van der Waals surface area contributed by atoms with Crippen LogP contribution in [-0.2, 0) is 16.1 Å². The van der Waals surface area contributed by atoms with Gasteiger partial charge in [-0.2, -0.15) is 0 Å². The first kappa shape index (κ1) is 14.9. The fourth-order valence-electron chi connectivity index (χ4n) is 2.89. The van der Waals surface area contributed by atoms with Crippen molar-refractivity contribution in [3.8, 4) is 5.75 Å². The highest BCUT2D eigenvalue weighted by atomic mass is 16.5. The number of nitrogens with zero attached hydrogens (tertiary/aromatic N) is 1. The second-order valence-corrected chi connectivity index (χ2v) is 6.29. The van der Waals surface area contributed by atoms with Crippen LogP contribution in [0, 0.1) is 5.92 Å². The number of benzene rings is 1. The van der Waals surface area contributed by atoms with Crippen LogP contribution < -0.4 is 0 Å². The molecule has 1 fully saturated rings. The van der Waals surface area contributed by atoms with E-state index in [1.54, 1.807) is 12.1 Å². The van der Waals surface area contributed by atoms with Gasteiger partial charge in [-0.1, -0.05) is 12.1 Å². The number of hydrogen-bond acceptors (Lipinski definition) is 3. The summed E-state index contributed by atoms with van der Waals surface area (Å²) in [4.78, 5) is 14.8. The van der Waals surface area contributed by atoms with Crippen LogP contribution in [0.5, 0.6) is 5.75 Å². The monoisotopic (exact) mass is 301 g/mol. The quantitative estimate of drug-likeness (QED) is 0.908. The average molecular weight is 301 g/mol. The fourth-order valence-corrected chi connectivity index (χ4v) is 2.89. The van der Waals surface area contributed by atoms with Gasteiger partial charge in [0.15, 0.2) is 0 Å². The van der Waals surface area contributed by atoms with Crippen LogP contribution in [0.15, 0.2) is 35.6 Å². The SMILES string of the molecule is CC1=C(C(=O)N(Cc2cccc(O)c2)CC2CC2)CCCO1. The highest BCUT2D eigenvalue weighted by molar-refractivity contribution is 5.94. The molecule has 1 N–H and O–H groups in total. The summed E-state index contributed by atoms with van der Waals surface area (Å²) in [5.41, 5.74) is 1.77. The second-order valence-electron chi connectivity index (χ2n) is 6.29. The summed E-state index contributed by atoms with van der Waals surface area (Å²) < 4.78 is 5.54. The molecule has 1 aliphatic heterocycles. The van der Waals surface area contributed by atoms with E-state index < -0.39 is 0 Å². The number of allylic oxidation sites excluding steroid dienone is 1. The van der Waals surface area contributed by atoms with Gasteiger partial charge in [0, 0.05) is 13.1 Å². The minimum absolute atomic E-state index is 0.0902. The topological polar surface area (TPSA) is 49.8 Å². The van der Waals surface area contributed by atoms with E-state index in [9.17, 15) is 9.90 Å². The maximum Gasteiger partial charge on any atom is 0.253 e. The number of carbonyl (C=O) groups is 1. The number of rotatable bonds is 5.